The van der Waals surface area contributed by atoms with Gasteiger partial charge in [0.15, 0.2) is 5.82 Å². The molecule has 0 amide bonds. The minimum absolute atomic E-state index is 0.235. The van der Waals surface area contributed by atoms with Crippen LogP contribution in [0.3, 0.4) is 0 Å². The largest absolute Gasteiger partial charge is 0.377 e. The van der Waals surface area contributed by atoms with Gasteiger partial charge >= 0.3 is 0 Å². The lowest BCUT2D eigenvalue weighted by atomic mass is 10.2. The summed E-state index contributed by atoms with van der Waals surface area (Å²) in [6.07, 6.45) is 0. The number of ether oxygens (including phenoxy) is 1. The van der Waals surface area contributed by atoms with Crippen LogP contribution in [-0.2, 0) is 24.4 Å². The van der Waals surface area contributed by atoms with E-state index in [0.29, 0.717) is 6.61 Å². The van der Waals surface area contributed by atoms with Crippen LogP contribution in [0.2, 0.25) is 0 Å². The van der Waals surface area contributed by atoms with Crippen molar-refractivity contribution in [2.75, 3.05) is 13.7 Å². The Hall–Kier alpha value is -1.73. The van der Waals surface area contributed by atoms with E-state index in [2.05, 4.69) is 42.9 Å². The van der Waals surface area contributed by atoms with Crippen LogP contribution in [-0.4, -0.2) is 43.5 Å². The van der Waals surface area contributed by atoms with E-state index in [-0.39, 0.29) is 6.04 Å². The first-order valence-electron chi connectivity index (χ1n) is 6.85. The summed E-state index contributed by atoms with van der Waals surface area (Å²) in [5.74, 6) is 1.92. The van der Waals surface area contributed by atoms with Gasteiger partial charge in [0, 0.05) is 32.4 Å². The molecule has 2 aromatic rings. The van der Waals surface area contributed by atoms with Gasteiger partial charge in [0.2, 0.25) is 0 Å². The minimum Gasteiger partial charge on any atom is -0.377 e. The molecule has 3 rings (SSSR count). The molecule has 7 nitrogen and oxygen atoms in total. The highest BCUT2D eigenvalue weighted by Gasteiger charge is 2.28. The normalized spacial score (nSPS) is 19.2. The van der Waals surface area contributed by atoms with E-state index in [9.17, 15) is 0 Å². The molecule has 0 aliphatic carbocycles. The van der Waals surface area contributed by atoms with Crippen molar-refractivity contribution >= 4 is 0 Å². The molecule has 0 spiro atoms. The fraction of sp³-hybridized carbons (Fsp3) is 0.615. The summed E-state index contributed by atoms with van der Waals surface area (Å²) in [7, 11) is 1.68. The Morgan fingerprint density at radius 2 is 2.25 bits per heavy atom. The Morgan fingerprint density at radius 3 is 2.95 bits per heavy atom. The van der Waals surface area contributed by atoms with Crippen molar-refractivity contribution in [1.29, 1.82) is 0 Å². The number of rotatable bonds is 4. The molecule has 7 heteroatoms. The Kier molecular flexibility index (Phi) is 3.54. The van der Waals surface area contributed by atoms with Crippen molar-refractivity contribution < 1.29 is 4.74 Å². The molecule has 0 bridgehead atoms. The predicted octanol–water partition coefficient (Wildman–Crippen LogP) is 1.03. The van der Waals surface area contributed by atoms with Gasteiger partial charge in [0.25, 0.3) is 0 Å². The number of nitrogens with one attached hydrogen (secondary N) is 1. The third-order valence-electron chi connectivity index (χ3n) is 3.79. The number of fused-ring (bicyclic) bond motifs is 1. The van der Waals surface area contributed by atoms with E-state index in [1.165, 1.54) is 0 Å². The van der Waals surface area contributed by atoms with Crippen LogP contribution in [0.25, 0.3) is 0 Å². The van der Waals surface area contributed by atoms with Crippen molar-refractivity contribution in [3.05, 3.63) is 29.1 Å². The summed E-state index contributed by atoms with van der Waals surface area (Å²) in [5.41, 5.74) is 2.16. The molecule has 0 saturated heterocycles. The summed E-state index contributed by atoms with van der Waals surface area (Å²) < 4.78 is 7.33. The standard InChI is InChI=1S/C13H20N6O/c1-9-6-11(15-14-9)7-18-4-5-19-12(8-20-3)16-17-13(19)10(18)2/h6,10H,4-5,7-8H2,1-3H3,(H,14,15). The van der Waals surface area contributed by atoms with E-state index in [1.54, 1.807) is 7.11 Å². The maximum atomic E-state index is 5.16. The zero-order valence-electron chi connectivity index (χ0n) is 12.1. The average Bonchev–Trinajstić information content (AvgIpc) is 3.01. The molecule has 0 radical (unpaired) electrons. The summed E-state index contributed by atoms with van der Waals surface area (Å²) in [6, 6.07) is 2.32. The first-order valence-corrected chi connectivity index (χ1v) is 6.85. The van der Waals surface area contributed by atoms with Crippen LogP contribution in [0.15, 0.2) is 6.07 Å². The molecular weight excluding hydrogens is 256 g/mol. The van der Waals surface area contributed by atoms with Gasteiger partial charge in [-0.25, -0.2) is 0 Å². The molecule has 0 saturated carbocycles. The number of methoxy groups -OCH3 is 1. The average molecular weight is 276 g/mol. The molecular formula is C13H20N6O. The fourth-order valence-electron chi connectivity index (χ4n) is 2.70. The van der Waals surface area contributed by atoms with E-state index in [4.69, 9.17) is 4.74 Å². The summed E-state index contributed by atoms with van der Waals surface area (Å²) in [6.45, 7) is 7.39. The molecule has 1 aliphatic rings. The van der Waals surface area contributed by atoms with Crippen molar-refractivity contribution in [2.24, 2.45) is 0 Å². The number of H-pyrrole nitrogens is 1. The molecule has 0 fully saturated rings. The van der Waals surface area contributed by atoms with Gasteiger partial charge in [-0.3, -0.25) is 10.00 Å². The molecule has 1 aliphatic heterocycles. The lowest BCUT2D eigenvalue weighted by Crippen LogP contribution is -2.37. The van der Waals surface area contributed by atoms with Crippen LogP contribution < -0.4 is 0 Å². The van der Waals surface area contributed by atoms with Gasteiger partial charge in [0.05, 0.1) is 11.7 Å². The SMILES string of the molecule is COCc1nnc2n1CCN(Cc1cc(C)[nH]n1)C2C. The Bertz CT molecular complexity index is 589. The van der Waals surface area contributed by atoms with Gasteiger partial charge < -0.3 is 9.30 Å². The molecule has 3 heterocycles. The zero-order chi connectivity index (χ0) is 14.1. The Labute approximate surface area is 117 Å². The van der Waals surface area contributed by atoms with Crippen molar-refractivity contribution in [3.63, 3.8) is 0 Å². The van der Waals surface area contributed by atoms with Gasteiger partial charge in [-0.05, 0) is 19.9 Å². The van der Waals surface area contributed by atoms with Crippen LogP contribution in [0.4, 0.5) is 0 Å². The van der Waals surface area contributed by atoms with Crippen LogP contribution >= 0.6 is 0 Å². The molecule has 0 aromatic carbocycles. The Balaban J connectivity index is 1.77. The molecule has 1 unspecified atom stereocenters. The summed E-state index contributed by atoms with van der Waals surface area (Å²) in [4.78, 5) is 2.37. The first-order chi connectivity index (χ1) is 9.69. The van der Waals surface area contributed by atoms with Gasteiger partial charge in [-0.1, -0.05) is 0 Å². The van der Waals surface area contributed by atoms with E-state index in [1.807, 2.05) is 6.92 Å². The zero-order valence-corrected chi connectivity index (χ0v) is 12.1. The lowest BCUT2D eigenvalue weighted by molar-refractivity contribution is 0.142. The molecule has 1 atom stereocenters. The maximum absolute atomic E-state index is 5.16. The Morgan fingerprint density at radius 1 is 1.40 bits per heavy atom. The van der Waals surface area contributed by atoms with Crippen LogP contribution in [0.5, 0.6) is 0 Å². The number of aryl methyl sites for hydroxylation is 1. The smallest absolute Gasteiger partial charge is 0.159 e. The predicted molar refractivity (Wildman–Crippen MR) is 72.9 cm³/mol. The first kappa shape index (κ1) is 13.3. The van der Waals surface area contributed by atoms with E-state index in [0.717, 1.165) is 42.7 Å². The quantitative estimate of drug-likeness (QED) is 0.903. The highest BCUT2D eigenvalue weighted by molar-refractivity contribution is 5.09. The molecule has 1 N–H and O–H groups in total. The summed E-state index contributed by atoms with van der Waals surface area (Å²) >= 11 is 0. The van der Waals surface area contributed by atoms with E-state index >= 15 is 0 Å². The number of aromatic amines is 1. The van der Waals surface area contributed by atoms with Crippen molar-refractivity contribution in [2.45, 2.75) is 39.6 Å². The van der Waals surface area contributed by atoms with Gasteiger partial charge in [-0.15, -0.1) is 10.2 Å². The molecule has 108 valence electrons. The van der Waals surface area contributed by atoms with Gasteiger partial charge in [0.1, 0.15) is 12.4 Å². The van der Waals surface area contributed by atoms with Crippen molar-refractivity contribution in [1.82, 2.24) is 29.9 Å². The summed E-state index contributed by atoms with van der Waals surface area (Å²) in [5, 5.41) is 15.8. The fourth-order valence-corrected chi connectivity index (χ4v) is 2.70. The number of aromatic nitrogens is 5. The second-order valence-corrected chi connectivity index (χ2v) is 5.25. The third kappa shape index (κ3) is 2.34. The minimum atomic E-state index is 0.235. The van der Waals surface area contributed by atoms with E-state index < -0.39 is 0 Å². The van der Waals surface area contributed by atoms with Gasteiger partial charge in [-0.2, -0.15) is 5.10 Å². The maximum Gasteiger partial charge on any atom is 0.159 e. The second kappa shape index (κ2) is 5.34. The van der Waals surface area contributed by atoms with Crippen LogP contribution in [0.1, 0.15) is 36.0 Å². The van der Waals surface area contributed by atoms with Crippen molar-refractivity contribution in [3.8, 4) is 0 Å². The topological polar surface area (TPSA) is 71.9 Å². The van der Waals surface area contributed by atoms with Crippen LogP contribution in [0, 0.1) is 6.92 Å². The molecule has 2 aromatic heterocycles. The molecule has 20 heavy (non-hydrogen) atoms. The monoisotopic (exact) mass is 276 g/mol. The second-order valence-electron chi connectivity index (χ2n) is 5.25. The number of hydrogen-bond acceptors (Lipinski definition) is 5. The number of hydrogen-bond donors (Lipinski definition) is 1. The highest BCUT2D eigenvalue weighted by Crippen LogP contribution is 2.25. The third-order valence-corrected chi connectivity index (χ3v) is 3.79. The highest BCUT2D eigenvalue weighted by atomic mass is 16.5. The lowest BCUT2D eigenvalue weighted by Gasteiger charge is -2.33. The number of nitrogens with zero attached hydrogens (tertiary/aromatic N) is 5.